The highest BCUT2D eigenvalue weighted by Gasteiger charge is 2.64. The second-order valence-corrected chi connectivity index (χ2v) is 7.75. The van der Waals surface area contributed by atoms with Crippen LogP contribution in [-0.4, -0.2) is 36.0 Å². The van der Waals surface area contributed by atoms with Crippen LogP contribution in [-0.2, 0) is 14.3 Å². The van der Waals surface area contributed by atoms with Gasteiger partial charge in [-0.1, -0.05) is 56.3 Å². The molecule has 1 aliphatic heterocycles. The molecular weight excluding hydrogens is 314 g/mol. The third kappa shape index (κ3) is 2.30. The van der Waals surface area contributed by atoms with Crippen LogP contribution >= 0.6 is 0 Å². The third-order valence-electron chi connectivity index (χ3n) is 5.97. The van der Waals surface area contributed by atoms with Crippen LogP contribution in [0, 0.1) is 11.8 Å². The summed E-state index contributed by atoms with van der Waals surface area (Å²) in [5.41, 5.74) is 0.230. The van der Waals surface area contributed by atoms with Gasteiger partial charge < -0.3 is 9.47 Å². The maximum Gasteiger partial charge on any atom is 0.338 e. The number of esters is 1. The van der Waals surface area contributed by atoms with Crippen molar-refractivity contribution in [2.45, 2.75) is 50.4 Å². The zero-order valence-corrected chi connectivity index (χ0v) is 15.1. The average Bonchev–Trinajstić information content (AvgIpc) is 2.65. The van der Waals surface area contributed by atoms with Crippen LogP contribution in [0.5, 0.6) is 0 Å². The van der Waals surface area contributed by atoms with Gasteiger partial charge in [-0.25, -0.2) is 4.79 Å². The predicted molar refractivity (Wildman–Crippen MR) is 96.6 cm³/mol. The van der Waals surface area contributed by atoms with Crippen molar-refractivity contribution in [3.63, 3.8) is 0 Å². The molecule has 4 nitrogen and oxygen atoms in total. The van der Waals surface area contributed by atoms with E-state index in [9.17, 15) is 4.79 Å². The Morgan fingerprint density at radius 3 is 2.64 bits per heavy atom. The molecule has 0 amide bonds. The topological polar surface area (TPSA) is 47.9 Å². The summed E-state index contributed by atoms with van der Waals surface area (Å²) in [5, 5.41) is 0. The van der Waals surface area contributed by atoms with E-state index in [0.29, 0.717) is 12.3 Å². The van der Waals surface area contributed by atoms with E-state index in [2.05, 4.69) is 19.9 Å². The highest BCUT2D eigenvalue weighted by atomic mass is 16.6. The number of rotatable bonds is 3. The number of carbonyl (C=O) groups is 1. The number of nitrogens with zero attached hydrogens (tertiary/aromatic N) is 1. The smallest absolute Gasteiger partial charge is 0.338 e. The van der Waals surface area contributed by atoms with E-state index >= 15 is 0 Å². The number of ether oxygens (including phenoxy) is 2. The molecule has 25 heavy (non-hydrogen) atoms. The molecule has 1 spiro atoms. The molecule has 3 aliphatic carbocycles. The van der Waals surface area contributed by atoms with Crippen molar-refractivity contribution in [3.8, 4) is 0 Å². The number of allylic oxidation sites excluding steroid dienone is 1. The first kappa shape index (κ1) is 16.5. The lowest BCUT2D eigenvalue weighted by Crippen LogP contribution is -2.66. The number of fused-ring (bicyclic) bond motifs is 1. The molecule has 0 aromatic heterocycles. The van der Waals surface area contributed by atoms with E-state index in [-0.39, 0.29) is 18.0 Å². The van der Waals surface area contributed by atoms with Crippen molar-refractivity contribution < 1.29 is 14.3 Å². The molecule has 0 saturated heterocycles. The van der Waals surface area contributed by atoms with Gasteiger partial charge in [-0.05, 0) is 36.7 Å². The normalized spacial score (nSPS) is 36.6. The van der Waals surface area contributed by atoms with Gasteiger partial charge in [0, 0.05) is 7.11 Å². The fourth-order valence-corrected chi connectivity index (χ4v) is 4.55. The molecule has 0 radical (unpaired) electrons. The fraction of sp³-hybridized carbons (Fsp3) is 0.524. The Hall–Kier alpha value is -1.94. The van der Waals surface area contributed by atoms with E-state index in [1.165, 1.54) is 0 Å². The van der Waals surface area contributed by atoms with Crippen molar-refractivity contribution in [1.29, 1.82) is 0 Å². The first-order valence-corrected chi connectivity index (χ1v) is 9.12. The monoisotopic (exact) mass is 339 g/mol. The van der Waals surface area contributed by atoms with E-state index in [1.807, 2.05) is 36.4 Å². The molecule has 0 unspecified atom stereocenters. The van der Waals surface area contributed by atoms with Crippen LogP contribution in [0.15, 0.2) is 47.5 Å². The highest BCUT2D eigenvalue weighted by Crippen LogP contribution is 2.52. The lowest BCUT2D eigenvalue weighted by molar-refractivity contribution is -0.174. The summed E-state index contributed by atoms with van der Waals surface area (Å²) in [6.45, 7) is 4.13. The second kappa shape index (κ2) is 5.80. The summed E-state index contributed by atoms with van der Waals surface area (Å²) < 4.78 is 11.9. The van der Waals surface area contributed by atoms with Crippen LogP contribution in [0.3, 0.4) is 0 Å². The molecule has 5 rings (SSSR count). The molecular formula is C21H25NO3. The maximum absolute atomic E-state index is 13.2. The summed E-state index contributed by atoms with van der Waals surface area (Å²) >= 11 is 0. The summed E-state index contributed by atoms with van der Waals surface area (Å²) in [7, 11) is 1.68. The Balaban J connectivity index is 1.90. The highest BCUT2D eigenvalue weighted by molar-refractivity contribution is 6.08. The van der Waals surface area contributed by atoms with Crippen molar-refractivity contribution >= 4 is 11.7 Å². The summed E-state index contributed by atoms with van der Waals surface area (Å²) in [4.78, 5) is 18.3. The number of hydrogen-bond acceptors (Lipinski definition) is 4. The van der Waals surface area contributed by atoms with Gasteiger partial charge in [-0.2, -0.15) is 0 Å². The molecule has 2 bridgehead atoms. The van der Waals surface area contributed by atoms with Gasteiger partial charge in [0.15, 0.2) is 5.54 Å². The standard InChI is InChI=1S/C21H25NO3/c1-14(2)18-17(16-7-5-4-6-8-16)22-21(19(23)25-18)13-15-9-11-20(21,24-3)12-10-15/h4-9,11,14-15,18H,10,12-13H2,1-3H3/t15-,18-,20-,21-/m0/s1. The minimum atomic E-state index is -0.962. The number of aliphatic imine (C=N–C) groups is 1. The van der Waals surface area contributed by atoms with Gasteiger partial charge in [-0.3, -0.25) is 4.99 Å². The lowest BCUT2D eigenvalue weighted by atomic mass is 9.60. The zero-order valence-electron chi connectivity index (χ0n) is 15.1. The van der Waals surface area contributed by atoms with E-state index in [0.717, 1.165) is 24.1 Å². The molecule has 1 saturated carbocycles. The molecule has 1 fully saturated rings. The number of cyclic esters (lactones) is 1. The van der Waals surface area contributed by atoms with Crippen LogP contribution < -0.4 is 0 Å². The van der Waals surface area contributed by atoms with Crippen LogP contribution in [0.2, 0.25) is 0 Å². The van der Waals surface area contributed by atoms with Crippen molar-refractivity contribution in [3.05, 3.63) is 48.0 Å². The minimum absolute atomic E-state index is 0.162. The first-order valence-electron chi connectivity index (χ1n) is 9.12. The van der Waals surface area contributed by atoms with Crippen LogP contribution in [0.25, 0.3) is 0 Å². The molecule has 1 heterocycles. The third-order valence-corrected chi connectivity index (χ3v) is 5.97. The van der Waals surface area contributed by atoms with Crippen LogP contribution in [0.1, 0.15) is 38.7 Å². The Bertz CT molecular complexity index is 739. The van der Waals surface area contributed by atoms with Crippen molar-refractivity contribution in [2.24, 2.45) is 16.8 Å². The lowest BCUT2D eigenvalue weighted by Gasteiger charge is -2.54. The first-order chi connectivity index (χ1) is 12.0. The quantitative estimate of drug-likeness (QED) is 0.625. The number of benzene rings is 1. The second-order valence-electron chi connectivity index (χ2n) is 7.75. The van der Waals surface area contributed by atoms with Crippen molar-refractivity contribution in [2.75, 3.05) is 7.11 Å². The SMILES string of the molecule is CO[C@@]12C=C[C@@H](CC1)C[C@@]21N=C(c2ccccc2)[C@H](C(C)C)OC1=O. The summed E-state index contributed by atoms with van der Waals surface area (Å²) in [6, 6.07) is 10.1. The molecule has 1 aromatic rings. The Morgan fingerprint density at radius 1 is 1.28 bits per heavy atom. The summed E-state index contributed by atoms with van der Waals surface area (Å²) in [5.74, 6) is 0.290. The summed E-state index contributed by atoms with van der Waals surface area (Å²) in [6.07, 6.45) is 6.41. The molecule has 0 N–H and O–H groups in total. The minimum Gasteiger partial charge on any atom is -0.454 e. The fourth-order valence-electron chi connectivity index (χ4n) is 4.55. The van der Waals surface area contributed by atoms with E-state index in [1.54, 1.807) is 7.11 Å². The molecule has 4 atom stereocenters. The Labute approximate surface area is 148 Å². The molecule has 1 aromatic carbocycles. The van der Waals surface area contributed by atoms with E-state index in [4.69, 9.17) is 14.5 Å². The van der Waals surface area contributed by atoms with Gasteiger partial charge in [0.25, 0.3) is 0 Å². The number of carbonyl (C=O) groups excluding carboxylic acids is 1. The zero-order chi connectivity index (χ0) is 17.7. The molecule has 132 valence electrons. The van der Waals surface area contributed by atoms with E-state index < -0.39 is 11.1 Å². The number of hydrogen-bond donors (Lipinski definition) is 0. The molecule has 4 heteroatoms. The average molecular weight is 339 g/mol. The molecule has 4 aliphatic rings. The van der Waals surface area contributed by atoms with Gasteiger partial charge in [0.2, 0.25) is 0 Å². The van der Waals surface area contributed by atoms with Gasteiger partial charge in [-0.15, -0.1) is 0 Å². The van der Waals surface area contributed by atoms with Crippen molar-refractivity contribution in [1.82, 2.24) is 0 Å². The van der Waals surface area contributed by atoms with Gasteiger partial charge >= 0.3 is 5.97 Å². The predicted octanol–water partition coefficient (Wildman–Crippen LogP) is 3.55. The Morgan fingerprint density at radius 2 is 2.04 bits per heavy atom. The van der Waals surface area contributed by atoms with Crippen LogP contribution in [0.4, 0.5) is 0 Å². The van der Waals surface area contributed by atoms with Gasteiger partial charge in [0.05, 0.1) is 5.71 Å². The largest absolute Gasteiger partial charge is 0.454 e. The Kier molecular flexibility index (Phi) is 3.84. The van der Waals surface area contributed by atoms with Gasteiger partial charge in [0.1, 0.15) is 11.7 Å². The maximum atomic E-state index is 13.2. The number of methoxy groups -OCH3 is 1.